The lowest BCUT2D eigenvalue weighted by Gasteiger charge is -2.35. The largest absolute Gasteiger partial charge is 0.490 e. The van der Waals surface area contributed by atoms with Gasteiger partial charge in [0.1, 0.15) is 11.9 Å². The minimum Gasteiger partial charge on any atom is -0.490 e. The Balaban J connectivity index is 1.38. The zero-order valence-electron chi connectivity index (χ0n) is 11.8. The van der Waals surface area contributed by atoms with Crippen molar-refractivity contribution in [1.82, 2.24) is 14.9 Å². The number of benzene rings is 1. The Kier molecular flexibility index (Phi) is 4.02. The number of ether oxygens (including phenoxy) is 1. The van der Waals surface area contributed by atoms with E-state index in [0.29, 0.717) is 12.1 Å². The first-order chi connectivity index (χ1) is 9.83. The van der Waals surface area contributed by atoms with Gasteiger partial charge in [-0.25, -0.2) is 4.98 Å². The Morgan fingerprint density at radius 3 is 2.80 bits per heavy atom. The maximum atomic E-state index is 5.89. The molecule has 0 unspecified atom stereocenters. The Hall–Kier alpha value is -1.81. The topological polar surface area (TPSA) is 39.1 Å². The zero-order valence-corrected chi connectivity index (χ0v) is 11.8. The lowest BCUT2D eigenvalue weighted by atomic mass is 9.89. The van der Waals surface area contributed by atoms with E-state index in [1.165, 1.54) is 0 Å². The Morgan fingerprint density at radius 2 is 2.10 bits per heavy atom. The molecule has 0 saturated heterocycles. The predicted octanol–water partition coefficient (Wildman–Crippen LogP) is 2.60. The third-order valence-electron chi connectivity index (χ3n) is 3.76. The number of hydrogen-bond donors (Lipinski definition) is 1. The Labute approximate surface area is 119 Å². The fourth-order valence-electron chi connectivity index (χ4n) is 2.44. The van der Waals surface area contributed by atoms with Crippen LogP contribution >= 0.6 is 0 Å². The number of para-hydroxylation sites is 1. The number of aromatic nitrogens is 2. The normalized spacial score (nSPS) is 21.4. The van der Waals surface area contributed by atoms with Gasteiger partial charge in [0, 0.05) is 25.3 Å². The van der Waals surface area contributed by atoms with Crippen LogP contribution in [-0.2, 0) is 13.1 Å². The molecular weight excluding hydrogens is 250 g/mol. The summed E-state index contributed by atoms with van der Waals surface area (Å²) in [7, 11) is 0. The second-order valence-corrected chi connectivity index (χ2v) is 5.30. The van der Waals surface area contributed by atoms with Crippen molar-refractivity contribution in [2.24, 2.45) is 0 Å². The zero-order chi connectivity index (χ0) is 13.8. The molecule has 4 nitrogen and oxygen atoms in total. The van der Waals surface area contributed by atoms with Gasteiger partial charge in [-0.1, -0.05) is 18.2 Å². The monoisotopic (exact) mass is 271 g/mol. The molecule has 1 aromatic carbocycles. The highest BCUT2D eigenvalue weighted by molar-refractivity contribution is 5.21. The van der Waals surface area contributed by atoms with Gasteiger partial charge in [0.05, 0.1) is 12.0 Å². The molecule has 4 heteroatoms. The van der Waals surface area contributed by atoms with Crippen LogP contribution in [0, 0.1) is 0 Å². The lowest BCUT2D eigenvalue weighted by Crippen LogP contribution is -2.46. The summed E-state index contributed by atoms with van der Waals surface area (Å²) in [6, 6.07) is 10.6. The molecule has 1 aliphatic carbocycles. The van der Waals surface area contributed by atoms with Crippen LogP contribution in [0.15, 0.2) is 42.9 Å². The molecule has 0 bridgehead atoms. The third-order valence-corrected chi connectivity index (χ3v) is 3.76. The molecule has 0 amide bonds. The van der Waals surface area contributed by atoms with Crippen LogP contribution < -0.4 is 10.1 Å². The summed E-state index contributed by atoms with van der Waals surface area (Å²) in [5, 5.41) is 3.53. The molecule has 0 aliphatic heterocycles. The van der Waals surface area contributed by atoms with Crippen molar-refractivity contribution >= 4 is 0 Å². The minimum absolute atomic E-state index is 0.350. The summed E-state index contributed by atoms with van der Waals surface area (Å²) in [4.78, 5) is 4.37. The molecule has 3 rings (SSSR count). The molecule has 0 spiro atoms. The molecule has 1 aliphatic rings. The number of aryl methyl sites for hydroxylation is 1. The van der Waals surface area contributed by atoms with E-state index in [-0.39, 0.29) is 0 Å². The molecule has 1 aromatic heterocycles. The average molecular weight is 271 g/mol. The van der Waals surface area contributed by atoms with Gasteiger partial charge in [-0.05, 0) is 31.9 Å². The standard InChI is InChI=1S/C16H21N3O/c1-2-19-11-14(18-12-19)10-17-13-8-16(9-13)20-15-6-4-3-5-7-15/h3-7,11-13,16-17H,2,8-10H2,1H3. The third kappa shape index (κ3) is 3.20. The van der Waals surface area contributed by atoms with Crippen LogP contribution in [-0.4, -0.2) is 21.7 Å². The van der Waals surface area contributed by atoms with Gasteiger partial charge in [0.2, 0.25) is 0 Å². The van der Waals surface area contributed by atoms with Crippen LogP contribution in [0.4, 0.5) is 0 Å². The van der Waals surface area contributed by atoms with E-state index in [4.69, 9.17) is 4.74 Å². The summed E-state index contributed by atoms with van der Waals surface area (Å²) in [6.45, 7) is 3.94. The number of rotatable bonds is 6. The average Bonchev–Trinajstić information content (AvgIpc) is 2.90. The van der Waals surface area contributed by atoms with E-state index in [1.807, 2.05) is 36.7 Å². The van der Waals surface area contributed by atoms with E-state index >= 15 is 0 Å². The van der Waals surface area contributed by atoms with Crippen molar-refractivity contribution < 1.29 is 4.74 Å². The van der Waals surface area contributed by atoms with Crippen LogP contribution in [0.1, 0.15) is 25.5 Å². The highest BCUT2D eigenvalue weighted by Crippen LogP contribution is 2.25. The van der Waals surface area contributed by atoms with Gasteiger partial charge in [0.15, 0.2) is 0 Å². The van der Waals surface area contributed by atoms with Crippen molar-refractivity contribution in [2.45, 2.75) is 45.0 Å². The number of hydrogen-bond acceptors (Lipinski definition) is 3. The second-order valence-electron chi connectivity index (χ2n) is 5.30. The maximum Gasteiger partial charge on any atom is 0.119 e. The smallest absolute Gasteiger partial charge is 0.119 e. The Bertz CT molecular complexity index is 532. The summed E-state index contributed by atoms with van der Waals surface area (Å²) >= 11 is 0. The minimum atomic E-state index is 0.350. The van der Waals surface area contributed by atoms with Gasteiger partial charge in [0.25, 0.3) is 0 Å². The van der Waals surface area contributed by atoms with Crippen LogP contribution in [0.2, 0.25) is 0 Å². The predicted molar refractivity (Wildman–Crippen MR) is 78.6 cm³/mol. The molecule has 0 atom stereocenters. The van der Waals surface area contributed by atoms with Crippen molar-refractivity contribution in [1.29, 1.82) is 0 Å². The SMILES string of the molecule is CCn1cnc(CNC2CC(Oc3ccccc3)C2)c1. The quantitative estimate of drug-likeness (QED) is 0.877. The Morgan fingerprint density at radius 1 is 1.30 bits per heavy atom. The molecule has 1 saturated carbocycles. The fraction of sp³-hybridized carbons (Fsp3) is 0.438. The lowest BCUT2D eigenvalue weighted by molar-refractivity contribution is 0.0842. The summed E-state index contributed by atoms with van der Waals surface area (Å²) in [5.41, 5.74) is 1.11. The van der Waals surface area contributed by atoms with E-state index < -0.39 is 0 Å². The van der Waals surface area contributed by atoms with Crippen molar-refractivity contribution in [3.63, 3.8) is 0 Å². The number of nitrogens with zero attached hydrogens (tertiary/aromatic N) is 2. The van der Waals surface area contributed by atoms with E-state index in [2.05, 4.69) is 28.0 Å². The van der Waals surface area contributed by atoms with E-state index in [9.17, 15) is 0 Å². The highest BCUT2D eigenvalue weighted by Gasteiger charge is 2.30. The highest BCUT2D eigenvalue weighted by atomic mass is 16.5. The van der Waals surface area contributed by atoms with Gasteiger partial charge >= 0.3 is 0 Å². The molecule has 1 fully saturated rings. The summed E-state index contributed by atoms with van der Waals surface area (Å²) in [6.07, 6.45) is 6.48. The molecule has 1 heterocycles. The van der Waals surface area contributed by atoms with Crippen LogP contribution in [0.5, 0.6) is 5.75 Å². The molecular formula is C16H21N3O. The fourth-order valence-corrected chi connectivity index (χ4v) is 2.44. The summed E-state index contributed by atoms with van der Waals surface area (Å²) in [5.74, 6) is 0.970. The second kappa shape index (κ2) is 6.09. The van der Waals surface area contributed by atoms with Crippen molar-refractivity contribution in [3.8, 4) is 5.75 Å². The number of imidazole rings is 1. The van der Waals surface area contributed by atoms with Gasteiger partial charge in [-0.15, -0.1) is 0 Å². The van der Waals surface area contributed by atoms with Crippen LogP contribution in [0.25, 0.3) is 0 Å². The molecule has 106 valence electrons. The summed E-state index contributed by atoms with van der Waals surface area (Å²) < 4.78 is 7.99. The first-order valence-electron chi connectivity index (χ1n) is 7.29. The maximum absolute atomic E-state index is 5.89. The number of nitrogens with one attached hydrogen (secondary N) is 1. The molecule has 1 N–H and O–H groups in total. The first-order valence-corrected chi connectivity index (χ1v) is 7.29. The van der Waals surface area contributed by atoms with Gasteiger partial charge in [-0.2, -0.15) is 0 Å². The van der Waals surface area contributed by atoms with Crippen molar-refractivity contribution in [2.75, 3.05) is 0 Å². The molecule has 2 aromatic rings. The first kappa shape index (κ1) is 13.2. The van der Waals surface area contributed by atoms with Gasteiger partial charge in [-0.3, -0.25) is 0 Å². The van der Waals surface area contributed by atoms with E-state index in [0.717, 1.165) is 37.4 Å². The van der Waals surface area contributed by atoms with Gasteiger partial charge < -0.3 is 14.6 Å². The molecule has 20 heavy (non-hydrogen) atoms. The van der Waals surface area contributed by atoms with E-state index in [1.54, 1.807) is 0 Å². The molecule has 0 radical (unpaired) electrons. The van der Waals surface area contributed by atoms with Crippen molar-refractivity contribution in [3.05, 3.63) is 48.5 Å². The van der Waals surface area contributed by atoms with Crippen LogP contribution in [0.3, 0.4) is 0 Å².